The molecule has 4 heteroatoms. The Morgan fingerprint density at radius 2 is 2.05 bits per heavy atom. The fourth-order valence-electron chi connectivity index (χ4n) is 2.55. The molecule has 0 saturated heterocycles. The van der Waals surface area contributed by atoms with E-state index in [4.69, 9.17) is 0 Å². The molecule has 1 aliphatic rings. The second-order valence-corrected chi connectivity index (χ2v) is 5.67. The third-order valence-corrected chi connectivity index (χ3v) is 4.02. The Balaban J connectivity index is 1.54. The van der Waals surface area contributed by atoms with Gasteiger partial charge in [0.05, 0.1) is 11.9 Å². The third-order valence-electron chi connectivity index (χ3n) is 4.02. The lowest BCUT2D eigenvalue weighted by molar-refractivity contribution is 0.444. The lowest BCUT2D eigenvalue weighted by Crippen LogP contribution is -2.29. The maximum atomic E-state index is 12.0. The van der Waals surface area contributed by atoms with Crippen molar-refractivity contribution in [1.29, 1.82) is 0 Å². The van der Waals surface area contributed by atoms with Crippen molar-refractivity contribution < 1.29 is 0 Å². The predicted molar refractivity (Wildman–Crippen MR) is 84.5 cm³/mol. The van der Waals surface area contributed by atoms with Gasteiger partial charge in [-0.3, -0.25) is 4.79 Å². The van der Waals surface area contributed by atoms with E-state index in [2.05, 4.69) is 22.5 Å². The maximum absolute atomic E-state index is 12.0. The largest absolute Gasteiger partial charge is 0.381 e. The minimum atomic E-state index is -0.0209. The van der Waals surface area contributed by atoms with Gasteiger partial charge in [0, 0.05) is 18.7 Å². The fraction of sp³-hybridized carbons (Fsp3) is 0.412. The Kier molecular flexibility index (Phi) is 4.34. The minimum Gasteiger partial charge on any atom is -0.381 e. The number of anilines is 1. The van der Waals surface area contributed by atoms with Gasteiger partial charge in [-0.15, -0.1) is 0 Å². The van der Waals surface area contributed by atoms with Gasteiger partial charge < -0.3 is 5.32 Å². The second-order valence-electron chi connectivity index (χ2n) is 5.67. The molecular formula is C17H21N3O. The molecule has 2 aromatic rings. The number of benzene rings is 1. The van der Waals surface area contributed by atoms with E-state index in [0.29, 0.717) is 12.6 Å². The molecule has 0 radical (unpaired) electrons. The number of hydrogen-bond donors (Lipinski definition) is 1. The topological polar surface area (TPSA) is 46.9 Å². The molecule has 0 spiro atoms. The van der Waals surface area contributed by atoms with Crippen LogP contribution in [0.4, 0.5) is 5.69 Å². The molecule has 0 atom stereocenters. The molecule has 0 aliphatic heterocycles. The number of aryl methyl sites for hydroxylation is 2. The van der Waals surface area contributed by atoms with E-state index in [1.54, 1.807) is 16.9 Å². The summed E-state index contributed by atoms with van der Waals surface area (Å²) in [6.45, 7) is 0.664. The fourth-order valence-corrected chi connectivity index (χ4v) is 2.55. The van der Waals surface area contributed by atoms with E-state index in [0.717, 1.165) is 18.5 Å². The van der Waals surface area contributed by atoms with Crippen LogP contribution in [0, 0.1) is 0 Å². The Bertz CT molecular complexity index is 632. The number of hydrogen-bond acceptors (Lipinski definition) is 3. The van der Waals surface area contributed by atoms with Crippen LogP contribution < -0.4 is 10.9 Å². The molecule has 110 valence electrons. The van der Waals surface area contributed by atoms with Gasteiger partial charge in [-0.05, 0) is 37.7 Å². The Morgan fingerprint density at radius 1 is 1.24 bits per heavy atom. The number of nitrogens with zero attached hydrogens (tertiary/aromatic N) is 2. The first kappa shape index (κ1) is 13.9. The normalized spacial score (nSPS) is 14.7. The first-order chi connectivity index (χ1) is 10.3. The molecule has 0 unspecified atom stereocenters. The Morgan fingerprint density at radius 3 is 2.71 bits per heavy atom. The highest BCUT2D eigenvalue weighted by Gasteiger charge is 2.17. The third kappa shape index (κ3) is 3.72. The summed E-state index contributed by atoms with van der Waals surface area (Å²) in [6, 6.07) is 12.5. The van der Waals surface area contributed by atoms with Crippen LogP contribution in [0.3, 0.4) is 0 Å². The van der Waals surface area contributed by atoms with Crippen LogP contribution >= 0.6 is 0 Å². The van der Waals surface area contributed by atoms with Crippen LogP contribution in [-0.4, -0.2) is 15.8 Å². The van der Waals surface area contributed by atoms with Gasteiger partial charge >= 0.3 is 0 Å². The van der Waals surface area contributed by atoms with Crippen LogP contribution in [-0.2, 0) is 13.0 Å². The average molecular weight is 283 g/mol. The molecule has 0 bridgehead atoms. The van der Waals surface area contributed by atoms with Crippen LogP contribution in [0.5, 0.6) is 0 Å². The molecule has 1 aliphatic carbocycles. The monoisotopic (exact) mass is 283 g/mol. The average Bonchev–Trinajstić information content (AvgIpc) is 2.46. The Hall–Kier alpha value is -2.10. The van der Waals surface area contributed by atoms with Crippen molar-refractivity contribution in [2.24, 2.45) is 0 Å². The highest BCUT2D eigenvalue weighted by molar-refractivity contribution is 5.40. The van der Waals surface area contributed by atoms with E-state index in [-0.39, 0.29) is 5.56 Å². The van der Waals surface area contributed by atoms with E-state index in [1.807, 2.05) is 18.2 Å². The van der Waals surface area contributed by atoms with Gasteiger partial charge in [0.15, 0.2) is 0 Å². The highest BCUT2D eigenvalue weighted by Crippen LogP contribution is 2.21. The van der Waals surface area contributed by atoms with E-state index in [9.17, 15) is 4.79 Å². The summed E-state index contributed by atoms with van der Waals surface area (Å²) < 4.78 is 1.55. The number of aromatic nitrogens is 2. The SMILES string of the molecule is O=c1cc(NC2CCC2)cnn1CCCc1ccccc1. The van der Waals surface area contributed by atoms with Crippen LogP contribution in [0.25, 0.3) is 0 Å². The molecule has 3 rings (SSSR count). The summed E-state index contributed by atoms with van der Waals surface area (Å²) in [6.07, 6.45) is 7.33. The Labute approximate surface area is 124 Å². The van der Waals surface area contributed by atoms with Gasteiger partial charge in [0.25, 0.3) is 5.56 Å². The summed E-state index contributed by atoms with van der Waals surface area (Å²) in [5, 5.41) is 7.62. The molecule has 0 amide bonds. The van der Waals surface area contributed by atoms with E-state index < -0.39 is 0 Å². The van der Waals surface area contributed by atoms with Gasteiger partial charge in [-0.2, -0.15) is 5.10 Å². The van der Waals surface area contributed by atoms with Crippen molar-refractivity contribution >= 4 is 5.69 Å². The zero-order chi connectivity index (χ0) is 14.5. The summed E-state index contributed by atoms with van der Waals surface area (Å²) in [5.74, 6) is 0. The molecule has 1 N–H and O–H groups in total. The van der Waals surface area contributed by atoms with Crippen molar-refractivity contribution in [2.75, 3.05) is 5.32 Å². The highest BCUT2D eigenvalue weighted by atomic mass is 16.1. The van der Waals surface area contributed by atoms with Crippen LogP contribution in [0.1, 0.15) is 31.2 Å². The van der Waals surface area contributed by atoms with Gasteiger partial charge in [0.2, 0.25) is 0 Å². The van der Waals surface area contributed by atoms with Crippen molar-refractivity contribution in [1.82, 2.24) is 9.78 Å². The second kappa shape index (κ2) is 6.57. The van der Waals surface area contributed by atoms with Gasteiger partial charge in [-0.25, -0.2) is 4.68 Å². The summed E-state index contributed by atoms with van der Waals surface area (Å²) >= 11 is 0. The number of rotatable bonds is 6. The van der Waals surface area contributed by atoms with Crippen molar-refractivity contribution in [3.8, 4) is 0 Å². The molecule has 1 fully saturated rings. The first-order valence-corrected chi connectivity index (χ1v) is 7.69. The number of nitrogens with one attached hydrogen (secondary N) is 1. The van der Waals surface area contributed by atoms with Crippen LogP contribution in [0.2, 0.25) is 0 Å². The molecule has 1 aromatic carbocycles. The first-order valence-electron chi connectivity index (χ1n) is 7.69. The summed E-state index contributed by atoms with van der Waals surface area (Å²) in [7, 11) is 0. The molecule has 4 nitrogen and oxygen atoms in total. The molecular weight excluding hydrogens is 262 g/mol. The van der Waals surface area contributed by atoms with Crippen molar-refractivity contribution in [2.45, 2.75) is 44.7 Å². The van der Waals surface area contributed by atoms with Gasteiger partial charge in [0.1, 0.15) is 0 Å². The van der Waals surface area contributed by atoms with Crippen LogP contribution in [0.15, 0.2) is 47.4 Å². The van der Waals surface area contributed by atoms with E-state index >= 15 is 0 Å². The van der Waals surface area contributed by atoms with Gasteiger partial charge in [-0.1, -0.05) is 30.3 Å². The molecule has 1 aromatic heterocycles. The minimum absolute atomic E-state index is 0.0209. The molecule has 1 saturated carbocycles. The zero-order valence-corrected chi connectivity index (χ0v) is 12.2. The molecule has 1 heterocycles. The zero-order valence-electron chi connectivity index (χ0n) is 12.2. The summed E-state index contributed by atoms with van der Waals surface area (Å²) in [5.41, 5.74) is 2.13. The van der Waals surface area contributed by atoms with E-state index in [1.165, 1.54) is 24.8 Å². The summed E-state index contributed by atoms with van der Waals surface area (Å²) in [4.78, 5) is 12.0. The predicted octanol–water partition coefficient (Wildman–Crippen LogP) is 2.84. The smallest absolute Gasteiger partial charge is 0.268 e. The quantitative estimate of drug-likeness (QED) is 0.886. The van der Waals surface area contributed by atoms with Crippen molar-refractivity contribution in [3.63, 3.8) is 0 Å². The maximum Gasteiger partial charge on any atom is 0.268 e. The lowest BCUT2D eigenvalue weighted by atomic mass is 9.93. The lowest BCUT2D eigenvalue weighted by Gasteiger charge is -2.27. The van der Waals surface area contributed by atoms with Crippen molar-refractivity contribution in [3.05, 3.63) is 58.5 Å². The standard InChI is InChI=1S/C17H21N3O/c21-17-12-16(19-15-9-4-10-15)13-18-20(17)11-5-8-14-6-2-1-3-7-14/h1-3,6-7,12-13,15,19H,4-5,8-11H2. The molecule has 21 heavy (non-hydrogen) atoms.